The van der Waals surface area contributed by atoms with E-state index in [1.165, 1.54) is 0 Å². The molecule has 5 heteroatoms. The second-order valence-electron chi connectivity index (χ2n) is 5.70. The molecule has 1 aliphatic rings. The Morgan fingerprint density at radius 3 is 2.20 bits per heavy atom. The van der Waals surface area contributed by atoms with Gasteiger partial charge in [-0.3, -0.25) is 0 Å². The van der Waals surface area contributed by atoms with Crippen molar-refractivity contribution in [2.75, 3.05) is 20.1 Å². The van der Waals surface area contributed by atoms with Gasteiger partial charge in [0.2, 0.25) is 10.0 Å². The van der Waals surface area contributed by atoms with Crippen LogP contribution in [-0.2, 0) is 10.0 Å². The Balaban J connectivity index is 2.07. The highest BCUT2D eigenvalue weighted by Crippen LogP contribution is 2.23. The van der Waals surface area contributed by atoms with E-state index in [-0.39, 0.29) is 6.04 Å². The highest BCUT2D eigenvalue weighted by Gasteiger charge is 2.31. The van der Waals surface area contributed by atoms with Crippen LogP contribution in [0.5, 0.6) is 0 Å². The van der Waals surface area contributed by atoms with Crippen LogP contribution in [0, 0.1) is 0 Å². The summed E-state index contributed by atoms with van der Waals surface area (Å²) in [4.78, 5) is 2.79. The van der Waals surface area contributed by atoms with Gasteiger partial charge in [0, 0.05) is 19.1 Å². The van der Waals surface area contributed by atoms with Gasteiger partial charge in [-0.15, -0.1) is 0 Å². The molecular weight excluding hydrogens is 272 g/mol. The number of nitrogens with zero attached hydrogens (tertiary/aromatic N) is 2. The van der Waals surface area contributed by atoms with Crippen LogP contribution >= 0.6 is 0 Å². The molecule has 20 heavy (non-hydrogen) atoms. The lowest BCUT2D eigenvalue weighted by atomic mass is 10.0. The first-order chi connectivity index (χ1) is 9.43. The Kier molecular flexibility index (Phi) is 4.83. The van der Waals surface area contributed by atoms with Gasteiger partial charge >= 0.3 is 0 Å². The lowest BCUT2D eigenvalue weighted by Crippen LogP contribution is -2.47. The molecule has 2 rings (SSSR count). The van der Waals surface area contributed by atoms with E-state index >= 15 is 0 Å². The number of rotatable bonds is 4. The van der Waals surface area contributed by atoms with Crippen LogP contribution < -0.4 is 0 Å². The normalized spacial score (nSPS) is 18.9. The fraction of sp³-hybridized carbons (Fsp3) is 0.600. The Labute approximate surface area is 122 Å². The van der Waals surface area contributed by atoms with Gasteiger partial charge in [-0.2, -0.15) is 4.31 Å². The molecule has 1 aromatic carbocycles. The summed E-state index contributed by atoms with van der Waals surface area (Å²) in [6.07, 6.45) is 1.81. The van der Waals surface area contributed by atoms with Crippen molar-refractivity contribution in [3.05, 3.63) is 30.3 Å². The molecule has 0 spiro atoms. The van der Waals surface area contributed by atoms with E-state index in [1.807, 2.05) is 6.07 Å². The van der Waals surface area contributed by atoms with Gasteiger partial charge in [-0.25, -0.2) is 8.42 Å². The van der Waals surface area contributed by atoms with Crippen LogP contribution in [0.4, 0.5) is 0 Å². The number of sulfonamides is 1. The second kappa shape index (κ2) is 6.24. The van der Waals surface area contributed by atoms with Crippen LogP contribution in [-0.4, -0.2) is 49.8 Å². The van der Waals surface area contributed by atoms with Gasteiger partial charge < -0.3 is 4.90 Å². The van der Waals surface area contributed by atoms with Gasteiger partial charge in [0.25, 0.3) is 0 Å². The quantitative estimate of drug-likeness (QED) is 0.855. The van der Waals surface area contributed by atoms with Crippen molar-refractivity contribution in [3.63, 3.8) is 0 Å². The Bertz CT molecular complexity index is 520. The number of hydrogen-bond donors (Lipinski definition) is 0. The molecule has 4 nitrogen and oxygen atoms in total. The highest BCUT2D eigenvalue weighted by molar-refractivity contribution is 7.89. The van der Waals surface area contributed by atoms with Crippen LogP contribution in [0.25, 0.3) is 0 Å². The minimum absolute atomic E-state index is 0.107. The monoisotopic (exact) mass is 296 g/mol. The number of benzene rings is 1. The van der Waals surface area contributed by atoms with Gasteiger partial charge in [0.1, 0.15) is 0 Å². The molecule has 1 heterocycles. The minimum atomic E-state index is -3.36. The molecule has 1 aromatic rings. The van der Waals surface area contributed by atoms with Crippen molar-refractivity contribution in [2.45, 2.75) is 43.7 Å². The van der Waals surface area contributed by atoms with Crippen LogP contribution in [0.1, 0.15) is 26.7 Å². The molecule has 0 N–H and O–H groups in total. The van der Waals surface area contributed by atoms with E-state index in [9.17, 15) is 8.42 Å². The molecule has 0 aliphatic carbocycles. The third-order valence-electron chi connectivity index (χ3n) is 4.16. The molecule has 0 bridgehead atoms. The maximum atomic E-state index is 12.6. The zero-order valence-corrected chi connectivity index (χ0v) is 13.3. The first kappa shape index (κ1) is 15.5. The molecule has 1 fully saturated rings. The summed E-state index contributed by atoms with van der Waals surface area (Å²) < 4.78 is 26.7. The zero-order valence-electron chi connectivity index (χ0n) is 12.5. The summed E-state index contributed by atoms with van der Waals surface area (Å²) in [5.74, 6) is 0. The number of piperidine rings is 1. The van der Waals surface area contributed by atoms with E-state index in [1.54, 1.807) is 35.6 Å². The maximum Gasteiger partial charge on any atom is 0.243 e. The standard InChI is InChI=1S/C15H24N2O2S/c1-13(2)17-11-9-14(10-12-17)16(3)20(18,19)15-7-5-4-6-8-15/h4-8,13-14H,9-12H2,1-3H3. The van der Waals surface area contributed by atoms with E-state index in [4.69, 9.17) is 0 Å². The molecule has 0 atom stereocenters. The molecule has 0 radical (unpaired) electrons. The predicted molar refractivity (Wildman–Crippen MR) is 81.1 cm³/mol. The van der Waals surface area contributed by atoms with Gasteiger partial charge in [0.15, 0.2) is 0 Å². The lowest BCUT2D eigenvalue weighted by Gasteiger charge is -2.37. The first-order valence-corrected chi connectivity index (χ1v) is 8.64. The first-order valence-electron chi connectivity index (χ1n) is 7.20. The van der Waals surface area contributed by atoms with Gasteiger partial charge in [-0.1, -0.05) is 18.2 Å². The van der Waals surface area contributed by atoms with Crippen molar-refractivity contribution in [1.82, 2.24) is 9.21 Å². The van der Waals surface area contributed by atoms with Crippen molar-refractivity contribution in [1.29, 1.82) is 0 Å². The summed E-state index contributed by atoms with van der Waals surface area (Å²) in [5, 5.41) is 0. The molecule has 0 unspecified atom stereocenters. The topological polar surface area (TPSA) is 40.6 Å². The lowest BCUT2D eigenvalue weighted by molar-refractivity contribution is 0.140. The molecule has 0 amide bonds. The largest absolute Gasteiger partial charge is 0.301 e. The predicted octanol–water partition coefficient (Wildman–Crippen LogP) is 2.18. The van der Waals surface area contributed by atoms with Crippen LogP contribution in [0.2, 0.25) is 0 Å². The molecular formula is C15H24N2O2S. The Morgan fingerprint density at radius 1 is 1.15 bits per heavy atom. The highest BCUT2D eigenvalue weighted by atomic mass is 32.2. The minimum Gasteiger partial charge on any atom is -0.301 e. The van der Waals surface area contributed by atoms with Gasteiger partial charge in [-0.05, 0) is 51.9 Å². The van der Waals surface area contributed by atoms with Crippen LogP contribution in [0.3, 0.4) is 0 Å². The average molecular weight is 296 g/mol. The van der Waals surface area contributed by atoms with E-state index in [0.29, 0.717) is 10.9 Å². The number of likely N-dealkylation sites (tertiary alicyclic amines) is 1. The Morgan fingerprint density at radius 2 is 1.70 bits per heavy atom. The average Bonchev–Trinajstić information content (AvgIpc) is 2.47. The molecule has 112 valence electrons. The SMILES string of the molecule is CC(C)N1CCC(N(C)S(=O)(=O)c2ccccc2)CC1. The Hall–Kier alpha value is -0.910. The molecule has 1 aliphatic heterocycles. The summed E-state index contributed by atoms with van der Waals surface area (Å²) in [6, 6.07) is 9.33. The van der Waals surface area contributed by atoms with Crippen molar-refractivity contribution >= 4 is 10.0 Å². The van der Waals surface area contributed by atoms with Crippen LogP contribution in [0.15, 0.2) is 35.2 Å². The molecule has 0 saturated carbocycles. The summed E-state index contributed by atoms with van der Waals surface area (Å²) >= 11 is 0. The van der Waals surface area contributed by atoms with Crippen molar-refractivity contribution in [3.8, 4) is 0 Å². The smallest absolute Gasteiger partial charge is 0.243 e. The summed E-state index contributed by atoms with van der Waals surface area (Å²) in [6.45, 7) is 6.31. The fourth-order valence-electron chi connectivity index (χ4n) is 2.72. The molecule has 0 aromatic heterocycles. The zero-order chi connectivity index (χ0) is 14.8. The van der Waals surface area contributed by atoms with Crippen molar-refractivity contribution in [2.24, 2.45) is 0 Å². The maximum absolute atomic E-state index is 12.6. The van der Waals surface area contributed by atoms with Gasteiger partial charge in [0.05, 0.1) is 4.90 Å². The summed E-state index contributed by atoms with van der Waals surface area (Å²) in [7, 11) is -1.66. The molecule has 1 saturated heterocycles. The van der Waals surface area contributed by atoms with E-state index in [2.05, 4.69) is 18.7 Å². The van der Waals surface area contributed by atoms with Crippen molar-refractivity contribution < 1.29 is 8.42 Å². The second-order valence-corrected chi connectivity index (χ2v) is 7.69. The third-order valence-corrected chi connectivity index (χ3v) is 6.09. The number of hydrogen-bond acceptors (Lipinski definition) is 3. The third kappa shape index (κ3) is 3.22. The fourth-order valence-corrected chi connectivity index (χ4v) is 4.16. The van der Waals surface area contributed by atoms with E-state index in [0.717, 1.165) is 25.9 Å². The van der Waals surface area contributed by atoms with E-state index < -0.39 is 10.0 Å². The summed E-state index contributed by atoms with van der Waals surface area (Å²) in [5.41, 5.74) is 0.